The van der Waals surface area contributed by atoms with E-state index in [1.54, 1.807) is 18.4 Å². The van der Waals surface area contributed by atoms with Crippen molar-refractivity contribution in [2.45, 2.75) is 25.9 Å². The van der Waals surface area contributed by atoms with E-state index in [2.05, 4.69) is 22.5 Å². The fourth-order valence-electron chi connectivity index (χ4n) is 1.51. The molecule has 0 spiro atoms. The van der Waals surface area contributed by atoms with Crippen molar-refractivity contribution < 1.29 is 0 Å². The maximum Gasteiger partial charge on any atom is 0.191 e. The van der Waals surface area contributed by atoms with Crippen LogP contribution in [0.1, 0.15) is 18.2 Å². The molecule has 2 atom stereocenters. The van der Waals surface area contributed by atoms with Gasteiger partial charge in [0.15, 0.2) is 5.96 Å². The summed E-state index contributed by atoms with van der Waals surface area (Å²) in [6, 6.07) is 4.55. The number of hydrogen-bond acceptors (Lipinski definition) is 2. The van der Waals surface area contributed by atoms with Crippen LogP contribution in [0, 0.1) is 5.92 Å². The normalized spacial score (nSPS) is 24.3. The molecule has 1 aromatic rings. The van der Waals surface area contributed by atoms with Crippen molar-refractivity contribution in [3.8, 4) is 0 Å². The predicted molar refractivity (Wildman–Crippen MR) is 70.2 cm³/mol. The fraction of sp³-hybridized carbons (Fsp3) is 0.545. The Kier molecular flexibility index (Phi) is 3.71. The van der Waals surface area contributed by atoms with Crippen LogP contribution in [0.5, 0.6) is 0 Å². The van der Waals surface area contributed by atoms with Gasteiger partial charge in [-0.3, -0.25) is 4.99 Å². The molecule has 5 heteroatoms. The van der Waals surface area contributed by atoms with Gasteiger partial charge in [-0.05, 0) is 24.5 Å². The van der Waals surface area contributed by atoms with Crippen molar-refractivity contribution >= 4 is 28.9 Å². The molecule has 88 valence electrons. The van der Waals surface area contributed by atoms with E-state index in [1.165, 1.54) is 11.3 Å². The molecule has 2 N–H and O–H groups in total. The van der Waals surface area contributed by atoms with Crippen LogP contribution in [0.4, 0.5) is 0 Å². The molecule has 2 rings (SSSR count). The molecular formula is C11H16ClN3S. The zero-order valence-corrected chi connectivity index (χ0v) is 11.0. The maximum absolute atomic E-state index is 5.87. The lowest BCUT2D eigenvalue weighted by Gasteiger charge is -2.10. The molecule has 0 radical (unpaired) electrons. The summed E-state index contributed by atoms with van der Waals surface area (Å²) in [4.78, 5) is 5.41. The van der Waals surface area contributed by atoms with E-state index in [9.17, 15) is 0 Å². The first kappa shape index (κ1) is 11.7. The van der Waals surface area contributed by atoms with Crippen molar-refractivity contribution in [1.82, 2.24) is 10.6 Å². The lowest BCUT2D eigenvalue weighted by molar-refractivity contribution is 0.766. The van der Waals surface area contributed by atoms with Crippen LogP contribution in [0.3, 0.4) is 0 Å². The van der Waals surface area contributed by atoms with Gasteiger partial charge in [-0.2, -0.15) is 0 Å². The fourth-order valence-corrected chi connectivity index (χ4v) is 2.54. The first-order valence-corrected chi connectivity index (χ1v) is 6.60. The maximum atomic E-state index is 5.87. The van der Waals surface area contributed by atoms with E-state index in [-0.39, 0.29) is 0 Å². The van der Waals surface area contributed by atoms with Gasteiger partial charge < -0.3 is 10.6 Å². The molecule has 1 fully saturated rings. The van der Waals surface area contributed by atoms with Crippen LogP contribution in [-0.4, -0.2) is 19.0 Å². The van der Waals surface area contributed by atoms with Crippen LogP contribution >= 0.6 is 22.9 Å². The molecule has 1 saturated carbocycles. The van der Waals surface area contributed by atoms with Gasteiger partial charge in [0.2, 0.25) is 0 Å². The molecule has 0 aliphatic heterocycles. The van der Waals surface area contributed by atoms with Crippen LogP contribution in [0.2, 0.25) is 4.34 Å². The third-order valence-electron chi connectivity index (χ3n) is 2.71. The molecule has 0 bridgehead atoms. The Hall–Kier alpha value is -0.740. The summed E-state index contributed by atoms with van der Waals surface area (Å²) in [5.74, 6) is 1.65. The smallest absolute Gasteiger partial charge is 0.191 e. The van der Waals surface area contributed by atoms with E-state index in [0.29, 0.717) is 6.04 Å². The minimum atomic E-state index is 0.595. The van der Waals surface area contributed by atoms with Crippen molar-refractivity contribution in [2.24, 2.45) is 10.9 Å². The number of rotatable bonds is 3. The highest BCUT2D eigenvalue weighted by Crippen LogP contribution is 2.28. The van der Waals surface area contributed by atoms with Gasteiger partial charge in [0.25, 0.3) is 0 Å². The SMILES string of the molecule is CN=C(NCc1ccc(Cl)s1)NC1CC1C. The highest BCUT2D eigenvalue weighted by atomic mass is 35.5. The average Bonchev–Trinajstić information content (AvgIpc) is 2.78. The summed E-state index contributed by atoms with van der Waals surface area (Å²) >= 11 is 7.46. The molecule has 1 heterocycles. The number of nitrogens with one attached hydrogen (secondary N) is 2. The quantitative estimate of drug-likeness (QED) is 0.645. The van der Waals surface area contributed by atoms with Gasteiger partial charge in [0, 0.05) is 18.0 Å². The second kappa shape index (κ2) is 5.06. The average molecular weight is 258 g/mol. The zero-order valence-electron chi connectivity index (χ0n) is 9.46. The number of guanidine groups is 1. The van der Waals surface area contributed by atoms with Gasteiger partial charge in [-0.25, -0.2) is 0 Å². The molecule has 1 aliphatic rings. The van der Waals surface area contributed by atoms with Gasteiger partial charge in [-0.1, -0.05) is 18.5 Å². The number of nitrogens with zero attached hydrogens (tertiary/aromatic N) is 1. The van der Waals surface area contributed by atoms with E-state index in [4.69, 9.17) is 11.6 Å². The molecule has 1 aliphatic carbocycles. The summed E-state index contributed by atoms with van der Waals surface area (Å²) in [7, 11) is 1.80. The Morgan fingerprint density at radius 3 is 2.88 bits per heavy atom. The van der Waals surface area contributed by atoms with E-state index in [1.807, 2.05) is 12.1 Å². The predicted octanol–water partition coefficient (Wildman–Crippen LogP) is 2.47. The molecular weight excluding hydrogens is 242 g/mol. The highest BCUT2D eigenvalue weighted by molar-refractivity contribution is 7.16. The number of aliphatic imine (C=N–C) groups is 1. The molecule has 0 saturated heterocycles. The Labute approximate surface area is 105 Å². The standard InChI is InChI=1S/C11H16ClN3S/c1-7-5-9(7)15-11(13-2)14-6-8-3-4-10(12)16-8/h3-4,7,9H,5-6H2,1-2H3,(H2,13,14,15). The van der Waals surface area contributed by atoms with Crippen molar-refractivity contribution in [3.05, 3.63) is 21.3 Å². The van der Waals surface area contributed by atoms with Gasteiger partial charge in [0.05, 0.1) is 10.9 Å². The van der Waals surface area contributed by atoms with E-state index >= 15 is 0 Å². The summed E-state index contributed by atoms with van der Waals surface area (Å²) in [6.07, 6.45) is 1.24. The number of hydrogen-bond donors (Lipinski definition) is 2. The molecule has 2 unspecified atom stereocenters. The van der Waals surface area contributed by atoms with Crippen LogP contribution in [0.15, 0.2) is 17.1 Å². The monoisotopic (exact) mass is 257 g/mol. The summed E-state index contributed by atoms with van der Waals surface area (Å²) < 4.78 is 0.829. The van der Waals surface area contributed by atoms with Crippen molar-refractivity contribution in [2.75, 3.05) is 7.05 Å². The summed E-state index contributed by atoms with van der Waals surface area (Å²) in [5, 5.41) is 6.66. The van der Waals surface area contributed by atoms with Crippen molar-refractivity contribution in [1.29, 1.82) is 0 Å². The summed E-state index contributed by atoms with van der Waals surface area (Å²) in [6.45, 7) is 3.02. The van der Waals surface area contributed by atoms with Crippen LogP contribution in [0.25, 0.3) is 0 Å². The second-order valence-corrected chi connectivity index (χ2v) is 5.90. The molecule has 0 amide bonds. The Bertz CT molecular complexity index is 388. The Balaban J connectivity index is 1.79. The molecule has 3 nitrogen and oxygen atoms in total. The molecule has 0 aromatic carbocycles. The zero-order chi connectivity index (χ0) is 11.5. The van der Waals surface area contributed by atoms with Gasteiger partial charge in [0.1, 0.15) is 0 Å². The third-order valence-corrected chi connectivity index (χ3v) is 3.95. The topological polar surface area (TPSA) is 36.4 Å². The number of thiophene rings is 1. The number of halogens is 1. The van der Waals surface area contributed by atoms with E-state index < -0.39 is 0 Å². The Morgan fingerprint density at radius 2 is 2.38 bits per heavy atom. The first-order chi connectivity index (χ1) is 7.69. The van der Waals surface area contributed by atoms with Gasteiger partial charge in [-0.15, -0.1) is 11.3 Å². The largest absolute Gasteiger partial charge is 0.353 e. The summed E-state index contributed by atoms with van der Waals surface area (Å²) in [5.41, 5.74) is 0. The lowest BCUT2D eigenvalue weighted by atomic mass is 10.4. The highest BCUT2D eigenvalue weighted by Gasteiger charge is 2.33. The third kappa shape index (κ3) is 3.12. The van der Waals surface area contributed by atoms with E-state index in [0.717, 1.165) is 22.8 Å². The lowest BCUT2D eigenvalue weighted by Crippen LogP contribution is -2.38. The van der Waals surface area contributed by atoms with Crippen LogP contribution in [-0.2, 0) is 6.54 Å². The Morgan fingerprint density at radius 1 is 1.62 bits per heavy atom. The van der Waals surface area contributed by atoms with Crippen LogP contribution < -0.4 is 10.6 Å². The second-order valence-electron chi connectivity index (χ2n) is 4.10. The molecule has 16 heavy (non-hydrogen) atoms. The first-order valence-electron chi connectivity index (χ1n) is 5.40. The minimum absolute atomic E-state index is 0.595. The van der Waals surface area contributed by atoms with Gasteiger partial charge >= 0.3 is 0 Å². The molecule has 1 aromatic heterocycles. The minimum Gasteiger partial charge on any atom is -0.353 e. The van der Waals surface area contributed by atoms with Crippen molar-refractivity contribution in [3.63, 3.8) is 0 Å².